The van der Waals surface area contributed by atoms with E-state index in [2.05, 4.69) is 5.32 Å². The lowest BCUT2D eigenvalue weighted by Gasteiger charge is -2.17. The van der Waals surface area contributed by atoms with Gasteiger partial charge in [0.2, 0.25) is 0 Å². The highest BCUT2D eigenvalue weighted by Crippen LogP contribution is 2.50. The van der Waals surface area contributed by atoms with Gasteiger partial charge in [-0.15, -0.1) is 0 Å². The molecule has 4 atom stereocenters. The predicted octanol–water partition coefficient (Wildman–Crippen LogP) is -0.0103. The van der Waals surface area contributed by atoms with Gasteiger partial charge in [0.25, 0.3) is 0 Å². The van der Waals surface area contributed by atoms with Gasteiger partial charge in [-0.3, -0.25) is 0 Å². The molecule has 2 aliphatic rings. The molecule has 0 spiro atoms. The van der Waals surface area contributed by atoms with Crippen LogP contribution in [0.5, 0.6) is 0 Å². The number of fused-ring (bicyclic) bond motifs is 1. The molecule has 2 aliphatic carbocycles. The van der Waals surface area contributed by atoms with Gasteiger partial charge in [-0.25, -0.2) is 4.79 Å². The first-order valence-electron chi connectivity index (χ1n) is 3.93. The Morgan fingerprint density at radius 2 is 2.27 bits per heavy atom. The maximum absolute atomic E-state index is 10.3. The molecule has 4 heteroatoms. The Bertz CT molecular complexity index is 195. The van der Waals surface area contributed by atoms with Crippen LogP contribution in [-0.2, 0) is 0 Å². The topological polar surface area (TPSA) is 75.3 Å². The lowest BCUT2D eigenvalue weighted by atomic mass is 10.1. The molecule has 11 heavy (non-hydrogen) atoms. The third-order valence-corrected chi connectivity index (χ3v) is 2.80. The third-order valence-electron chi connectivity index (χ3n) is 2.80. The van der Waals surface area contributed by atoms with Crippen molar-refractivity contribution in [1.82, 2.24) is 5.32 Å². The van der Waals surface area contributed by atoms with Crippen LogP contribution in [0.1, 0.15) is 12.8 Å². The first kappa shape index (κ1) is 6.91. The molecule has 0 heterocycles. The number of nitrogens with one attached hydrogen (secondary N) is 1. The van der Waals surface area contributed by atoms with Crippen LogP contribution in [0, 0.1) is 11.8 Å². The van der Waals surface area contributed by atoms with E-state index in [-0.39, 0.29) is 12.1 Å². The zero-order chi connectivity index (χ0) is 8.01. The number of hydrogen-bond acceptors (Lipinski definition) is 2. The summed E-state index contributed by atoms with van der Waals surface area (Å²) in [5, 5.41) is 10.9. The average molecular weight is 156 g/mol. The van der Waals surface area contributed by atoms with Crippen LogP contribution in [0.4, 0.5) is 4.79 Å². The maximum Gasteiger partial charge on any atom is 0.404 e. The van der Waals surface area contributed by atoms with Crippen molar-refractivity contribution in [3.8, 4) is 0 Å². The Morgan fingerprint density at radius 3 is 2.73 bits per heavy atom. The van der Waals surface area contributed by atoms with Crippen molar-refractivity contribution in [2.75, 3.05) is 0 Å². The molecule has 4 nitrogen and oxygen atoms in total. The molecule has 2 saturated carbocycles. The van der Waals surface area contributed by atoms with Crippen molar-refractivity contribution in [1.29, 1.82) is 0 Å². The summed E-state index contributed by atoms with van der Waals surface area (Å²) < 4.78 is 0. The molecule has 0 saturated heterocycles. The fourth-order valence-electron chi connectivity index (χ4n) is 2.11. The molecule has 0 aromatic heterocycles. The van der Waals surface area contributed by atoms with Gasteiger partial charge >= 0.3 is 6.09 Å². The number of carbonyl (C=O) groups is 1. The van der Waals surface area contributed by atoms with Gasteiger partial charge in [0.1, 0.15) is 0 Å². The molecule has 0 unspecified atom stereocenters. The van der Waals surface area contributed by atoms with Gasteiger partial charge in [0.15, 0.2) is 0 Å². The highest BCUT2D eigenvalue weighted by Gasteiger charge is 2.52. The summed E-state index contributed by atoms with van der Waals surface area (Å²) in [6.45, 7) is 0. The highest BCUT2D eigenvalue weighted by atomic mass is 16.4. The molecule has 2 rings (SSSR count). The Hall–Kier alpha value is -0.770. The standard InChI is InChI=1S/C7H12N2O2/c8-6-4-1-3(4)2-5(6)9-7(10)11/h3-6,9H,1-2,8H2,(H,10,11)/t3-,4-,5-,6+/m1/s1. The molecule has 0 bridgehead atoms. The van der Waals surface area contributed by atoms with Crippen LogP contribution < -0.4 is 11.1 Å². The average Bonchev–Trinajstić information content (AvgIpc) is 2.58. The van der Waals surface area contributed by atoms with Crippen molar-refractivity contribution in [3.63, 3.8) is 0 Å². The summed E-state index contributed by atoms with van der Waals surface area (Å²) in [7, 11) is 0. The van der Waals surface area contributed by atoms with Crippen molar-refractivity contribution in [2.24, 2.45) is 17.6 Å². The van der Waals surface area contributed by atoms with E-state index in [1.54, 1.807) is 0 Å². The van der Waals surface area contributed by atoms with Gasteiger partial charge < -0.3 is 16.2 Å². The Labute approximate surface area is 64.8 Å². The van der Waals surface area contributed by atoms with E-state index in [9.17, 15) is 4.79 Å². The minimum Gasteiger partial charge on any atom is -0.465 e. The van der Waals surface area contributed by atoms with Crippen LogP contribution in [0.2, 0.25) is 0 Å². The summed E-state index contributed by atoms with van der Waals surface area (Å²) >= 11 is 0. The highest BCUT2D eigenvalue weighted by molar-refractivity contribution is 5.65. The molecule has 0 radical (unpaired) electrons. The number of amides is 1. The van der Waals surface area contributed by atoms with Gasteiger partial charge in [0, 0.05) is 12.1 Å². The number of nitrogens with two attached hydrogens (primary N) is 1. The van der Waals surface area contributed by atoms with Gasteiger partial charge in [-0.1, -0.05) is 0 Å². The summed E-state index contributed by atoms with van der Waals surface area (Å²) in [6, 6.07) is 0.0762. The van der Waals surface area contributed by atoms with Crippen LogP contribution >= 0.6 is 0 Å². The zero-order valence-corrected chi connectivity index (χ0v) is 6.16. The molecule has 4 N–H and O–H groups in total. The van der Waals surface area contributed by atoms with E-state index in [1.165, 1.54) is 6.42 Å². The SMILES string of the molecule is N[C@H]1[C@@H]2C[C@@H]2C[C@H]1NC(=O)O. The van der Waals surface area contributed by atoms with E-state index < -0.39 is 6.09 Å². The largest absolute Gasteiger partial charge is 0.465 e. The molecule has 62 valence electrons. The van der Waals surface area contributed by atoms with Crippen molar-refractivity contribution < 1.29 is 9.90 Å². The van der Waals surface area contributed by atoms with Crippen LogP contribution in [0.15, 0.2) is 0 Å². The number of carboxylic acid groups (broad SMARTS) is 1. The third kappa shape index (κ3) is 1.07. The van der Waals surface area contributed by atoms with E-state index in [0.29, 0.717) is 11.8 Å². The first-order valence-corrected chi connectivity index (χ1v) is 3.93. The smallest absolute Gasteiger partial charge is 0.404 e. The number of hydrogen-bond donors (Lipinski definition) is 3. The number of rotatable bonds is 1. The van der Waals surface area contributed by atoms with E-state index in [0.717, 1.165) is 6.42 Å². The first-order chi connectivity index (χ1) is 5.18. The van der Waals surface area contributed by atoms with Crippen LogP contribution in [0.3, 0.4) is 0 Å². The van der Waals surface area contributed by atoms with Gasteiger partial charge in [-0.05, 0) is 24.7 Å². The molecular weight excluding hydrogens is 144 g/mol. The molecule has 1 amide bonds. The second-order valence-electron chi connectivity index (χ2n) is 3.53. The maximum atomic E-state index is 10.3. The molecule has 0 aromatic carbocycles. The second kappa shape index (κ2) is 2.11. The zero-order valence-electron chi connectivity index (χ0n) is 6.16. The second-order valence-corrected chi connectivity index (χ2v) is 3.53. The van der Waals surface area contributed by atoms with Crippen molar-refractivity contribution in [2.45, 2.75) is 24.9 Å². The van der Waals surface area contributed by atoms with Gasteiger partial charge in [-0.2, -0.15) is 0 Å². The fourth-order valence-corrected chi connectivity index (χ4v) is 2.11. The van der Waals surface area contributed by atoms with E-state index in [4.69, 9.17) is 10.8 Å². The van der Waals surface area contributed by atoms with Crippen molar-refractivity contribution in [3.05, 3.63) is 0 Å². The van der Waals surface area contributed by atoms with Crippen molar-refractivity contribution >= 4 is 6.09 Å². The molecule has 0 aliphatic heterocycles. The van der Waals surface area contributed by atoms with Gasteiger partial charge in [0.05, 0.1) is 0 Å². The monoisotopic (exact) mass is 156 g/mol. The van der Waals surface area contributed by atoms with E-state index >= 15 is 0 Å². The van der Waals surface area contributed by atoms with Crippen LogP contribution in [0.25, 0.3) is 0 Å². The molecule has 0 aromatic rings. The molecular formula is C7H12N2O2. The quantitative estimate of drug-likeness (QED) is 0.499. The summed E-state index contributed by atoms with van der Waals surface area (Å²) in [4.78, 5) is 10.3. The molecule has 2 fully saturated rings. The lowest BCUT2D eigenvalue weighted by molar-refractivity contribution is 0.187. The Balaban J connectivity index is 1.91. The summed E-state index contributed by atoms with van der Waals surface area (Å²) in [5.74, 6) is 1.31. The minimum atomic E-state index is -0.952. The Kier molecular flexibility index (Phi) is 1.32. The van der Waals surface area contributed by atoms with E-state index in [1.807, 2.05) is 0 Å². The minimum absolute atomic E-state index is 0.0104. The predicted molar refractivity (Wildman–Crippen MR) is 39.1 cm³/mol. The normalized spacial score (nSPS) is 46.6. The lowest BCUT2D eigenvalue weighted by Crippen LogP contribution is -2.45. The fraction of sp³-hybridized carbons (Fsp3) is 0.857. The summed E-state index contributed by atoms with van der Waals surface area (Å²) in [5.41, 5.74) is 5.79. The Morgan fingerprint density at radius 1 is 1.55 bits per heavy atom. The van der Waals surface area contributed by atoms with Crippen LogP contribution in [-0.4, -0.2) is 23.3 Å². The summed E-state index contributed by atoms with van der Waals surface area (Å²) in [6.07, 6.45) is 1.20.